The number of amides is 1. The molecule has 3 rings (SSSR count). The standard InChI is InChI=1S/C17H21N3O3S/c1-12-18-17(23-19-12)15-8-3-4-9-20(15)16(21)11-24-14-7-5-6-13(10-14)22-2/h5-7,10,15H,3-4,8-9,11H2,1-2H3. The van der Waals surface area contributed by atoms with Crippen molar-refractivity contribution < 1.29 is 14.1 Å². The summed E-state index contributed by atoms with van der Waals surface area (Å²) >= 11 is 1.52. The minimum absolute atomic E-state index is 0.0987. The van der Waals surface area contributed by atoms with E-state index in [2.05, 4.69) is 10.1 Å². The van der Waals surface area contributed by atoms with Crippen LogP contribution in [0.3, 0.4) is 0 Å². The van der Waals surface area contributed by atoms with Crippen molar-refractivity contribution in [2.75, 3.05) is 19.4 Å². The molecule has 1 unspecified atom stereocenters. The number of hydrogen-bond acceptors (Lipinski definition) is 6. The van der Waals surface area contributed by atoms with Gasteiger partial charge in [0.05, 0.1) is 12.9 Å². The van der Waals surface area contributed by atoms with Gasteiger partial charge < -0.3 is 14.2 Å². The predicted octanol–water partition coefficient (Wildman–Crippen LogP) is 3.23. The van der Waals surface area contributed by atoms with Crippen LogP contribution in [0, 0.1) is 6.92 Å². The second kappa shape index (κ2) is 7.70. The minimum Gasteiger partial charge on any atom is -0.497 e. The van der Waals surface area contributed by atoms with Crippen molar-refractivity contribution >= 4 is 17.7 Å². The third kappa shape index (κ3) is 3.90. The quantitative estimate of drug-likeness (QED) is 0.774. The lowest BCUT2D eigenvalue weighted by atomic mass is 10.0. The van der Waals surface area contributed by atoms with Gasteiger partial charge in [-0.1, -0.05) is 11.2 Å². The predicted molar refractivity (Wildman–Crippen MR) is 91.1 cm³/mol. The van der Waals surface area contributed by atoms with Crippen LogP contribution in [0.5, 0.6) is 5.75 Å². The molecule has 2 heterocycles. The van der Waals surface area contributed by atoms with Gasteiger partial charge in [-0.2, -0.15) is 4.98 Å². The Morgan fingerprint density at radius 1 is 1.46 bits per heavy atom. The number of carbonyl (C=O) groups is 1. The monoisotopic (exact) mass is 347 g/mol. The summed E-state index contributed by atoms with van der Waals surface area (Å²) in [6.45, 7) is 2.53. The maximum atomic E-state index is 12.7. The van der Waals surface area contributed by atoms with E-state index in [4.69, 9.17) is 9.26 Å². The highest BCUT2D eigenvalue weighted by Crippen LogP contribution is 2.31. The number of rotatable bonds is 5. The lowest BCUT2D eigenvalue weighted by Gasteiger charge is -2.33. The molecule has 1 fully saturated rings. The van der Waals surface area contributed by atoms with Crippen LogP contribution in [0.2, 0.25) is 0 Å². The summed E-state index contributed by atoms with van der Waals surface area (Å²) in [4.78, 5) is 19.9. The summed E-state index contributed by atoms with van der Waals surface area (Å²) in [5.41, 5.74) is 0. The Labute approximate surface area is 145 Å². The van der Waals surface area contributed by atoms with Crippen molar-refractivity contribution in [2.24, 2.45) is 0 Å². The van der Waals surface area contributed by atoms with Crippen LogP contribution in [-0.4, -0.2) is 40.4 Å². The number of benzene rings is 1. The van der Waals surface area contributed by atoms with Crippen molar-refractivity contribution in [2.45, 2.75) is 37.1 Å². The third-order valence-corrected chi connectivity index (χ3v) is 5.03. The van der Waals surface area contributed by atoms with Gasteiger partial charge >= 0.3 is 0 Å². The zero-order valence-corrected chi connectivity index (χ0v) is 14.7. The molecule has 0 bridgehead atoms. The molecular formula is C17H21N3O3S. The highest BCUT2D eigenvalue weighted by molar-refractivity contribution is 8.00. The SMILES string of the molecule is COc1cccc(SCC(=O)N2CCCCC2c2nc(C)no2)c1. The van der Waals surface area contributed by atoms with Crippen molar-refractivity contribution in [1.82, 2.24) is 15.0 Å². The lowest BCUT2D eigenvalue weighted by molar-refractivity contribution is -0.132. The van der Waals surface area contributed by atoms with Crippen LogP contribution in [0.15, 0.2) is 33.7 Å². The molecule has 6 nitrogen and oxygen atoms in total. The number of thioether (sulfide) groups is 1. The highest BCUT2D eigenvalue weighted by atomic mass is 32.2. The summed E-state index contributed by atoms with van der Waals surface area (Å²) in [7, 11) is 1.64. The zero-order valence-electron chi connectivity index (χ0n) is 13.9. The summed E-state index contributed by atoms with van der Waals surface area (Å²) in [5.74, 6) is 2.44. The fraction of sp³-hybridized carbons (Fsp3) is 0.471. The van der Waals surface area contributed by atoms with Crippen LogP contribution in [0.1, 0.15) is 37.0 Å². The van der Waals surface area contributed by atoms with E-state index >= 15 is 0 Å². The van der Waals surface area contributed by atoms with Crippen molar-refractivity contribution in [1.29, 1.82) is 0 Å². The van der Waals surface area contributed by atoms with Gasteiger partial charge in [0, 0.05) is 11.4 Å². The van der Waals surface area contributed by atoms with E-state index in [0.717, 1.165) is 36.5 Å². The van der Waals surface area contributed by atoms with Gasteiger partial charge in [0.25, 0.3) is 0 Å². The van der Waals surface area contributed by atoms with Crippen LogP contribution in [-0.2, 0) is 4.79 Å². The van der Waals surface area contributed by atoms with E-state index in [1.807, 2.05) is 29.2 Å². The number of nitrogens with zero attached hydrogens (tertiary/aromatic N) is 3. The molecule has 2 aromatic rings. The number of ether oxygens (including phenoxy) is 1. The molecule has 0 radical (unpaired) electrons. The molecule has 0 aliphatic carbocycles. The van der Waals surface area contributed by atoms with Crippen molar-refractivity contribution in [3.63, 3.8) is 0 Å². The average molecular weight is 347 g/mol. The van der Waals surface area contributed by atoms with Gasteiger partial charge in [0.2, 0.25) is 11.8 Å². The summed E-state index contributed by atoms with van der Waals surface area (Å²) in [6.07, 6.45) is 2.95. The van der Waals surface area contributed by atoms with Gasteiger partial charge in [0.1, 0.15) is 11.8 Å². The Morgan fingerprint density at radius 3 is 3.08 bits per heavy atom. The molecule has 1 aliphatic rings. The normalized spacial score (nSPS) is 17.8. The first-order valence-electron chi connectivity index (χ1n) is 8.04. The molecule has 1 amide bonds. The second-order valence-corrected chi connectivity index (χ2v) is 6.79. The van der Waals surface area contributed by atoms with Crippen LogP contribution in [0.4, 0.5) is 0 Å². The fourth-order valence-corrected chi connectivity index (χ4v) is 3.68. The van der Waals surface area contributed by atoms with E-state index in [1.165, 1.54) is 11.8 Å². The summed E-state index contributed by atoms with van der Waals surface area (Å²) < 4.78 is 10.5. The van der Waals surface area contributed by atoms with Crippen LogP contribution in [0.25, 0.3) is 0 Å². The molecule has 0 N–H and O–H groups in total. The first-order chi connectivity index (χ1) is 11.7. The van der Waals surface area contributed by atoms with Crippen molar-refractivity contribution in [3.8, 4) is 5.75 Å². The number of aryl methyl sites for hydroxylation is 1. The first kappa shape index (κ1) is 16.8. The Balaban J connectivity index is 1.65. The van der Waals surface area contributed by atoms with Gasteiger partial charge in [-0.05, 0) is 44.4 Å². The van der Waals surface area contributed by atoms with E-state index in [9.17, 15) is 4.79 Å². The first-order valence-corrected chi connectivity index (χ1v) is 9.02. The number of piperidine rings is 1. The smallest absolute Gasteiger partial charge is 0.249 e. The summed E-state index contributed by atoms with van der Waals surface area (Å²) in [5, 5.41) is 3.86. The topological polar surface area (TPSA) is 68.5 Å². The number of hydrogen-bond donors (Lipinski definition) is 0. The highest BCUT2D eigenvalue weighted by Gasteiger charge is 2.31. The van der Waals surface area contributed by atoms with Gasteiger partial charge in [-0.25, -0.2) is 0 Å². The fourth-order valence-electron chi connectivity index (χ4n) is 2.85. The van der Waals surface area contributed by atoms with E-state index in [1.54, 1.807) is 14.0 Å². The van der Waals surface area contributed by atoms with Crippen molar-refractivity contribution in [3.05, 3.63) is 36.0 Å². The molecule has 1 aromatic heterocycles. The van der Waals surface area contributed by atoms with Crippen LogP contribution >= 0.6 is 11.8 Å². The molecule has 0 spiro atoms. The molecule has 1 saturated heterocycles. The maximum absolute atomic E-state index is 12.7. The molecule has 1 aliphatic heterocycles. The molecule has 24 heavy (non-hydrogen) atoms. The zero-order chi connectivity index (χ0) is 16.9. The molecule has 1 aromatic carbocycles. The lowest BCUT2D eigenvalue weighted by Crippen LogP contribution is -2.39. The molecule has 1 atom stereocenters. The Morgan fingerprint density at radius 2 is 2.33 bits per heavy atom. The minimum atomic E-state index is -0.0987. The Kier molecular flexibility index (Phi) is 5.40. The second-order valence-electron chi connectivity index (χ2n) is 5.75. The van der Waals surface area contributed by atoms with E-state index < -0.39 is 0 Å². The van der Waals surface area contributed by atoms with Gasteiger partial charge in [0.15, 0.2) is 5.82 Å². The van der Waals surface area contributed by atoms with E-state index in [0.29, 0.717) is 17.5 Å². The molecule has 128 valence electrons. The molecular weight excluding hydrogens is 326 g/mol. The number of methoxy groups -OCH3 is 1. The summed E-state index contributed by atoms with van der Waals surface area (Å²) in [6, 6.07) is 7.64. The maximum Gasteiger partial charge on any atom is 0.249 e. The molecule has 7 heteroatoms. The largest absolute Gasteiger partial charge is 0.497 e. The average Bonchev–Trinajstić information content (AvgIpc) is 3.06. The van der Waals surface area contributed by atoms with E-state index in [-0.39, 0.29) is 11.9 Å². The number of carbonyl (C=O) groups excluding carboxylic acids is 1. The number of aromatic nitrogens is 2. The number of likely N-dealkylation sites (tertiary alicyclic amines) is 1. The Hall–Kier alpha value is -2.02. The van der Waals surface area contributed by atoms with Gasteiger partial charge in [-0.15, -0.1) is 11.8 Å². The Bertz CT molecular complexity index is 704. The molecule has 0 saturated carbocycles. The van der Waals surface area contributed by atoms with Gasteiger partial charge in [-0.3, -0.25) is 4.79 Å². The third-order valence-electron chi connectivity index (χ3n) is 4.06. The van der Waals surface area contributed by atoms with Crippen LogP contribution < -0.4 is 4.74 Å².